The van der Waals surface area contributed by atoms with Crippen molar-refractivity contribution in [2.75, 3.05) is 24.1 Å². The molecule has 2 aromatic heterocycles. The number of likely N-dealkylation sites (tertiary alicyclic amines) is 1. The monoisotopic (exact) mass is 526 g/mol. The van der Waals surface area contributed by atoms with Crippen LogP contribution in [0.5, 0.6) is 0 Å². The number of fused-ring (bicyclic) bond motifs is 2. The molecule has 0 spiro atoms. The molecule has 6 rings (SSSR count). The van der Waals surface area contributed by atoms with Crippen LogP contribution in [0, 0.1) is 0 Å². The number of anilines is 2. The van der Waals surface area contributed by atoms with Gasteiger partial charge in [-0.25, -0.2) is 14.6 Å². The van der Waals surface area contributed by atoms with E-state index in [-0.39, 0.29) is 12.1 Å². The molecule has 0 unspecified atom stereocenters. The third kappa shape index (κ3) is 4.96. The van der Waals surface area contributed by atoms with Crippen LogP contribution in [0.2, 0.25) is 0 Å². The number of aromatic nitrogens is 1. The minimum Gasteiger partial charge on any atom is -0.458 e. The maximum atomic E-state index is 13.1. The maximum absolute atomic E-state index is 13.1. The minimum absolute atomic E-state index is 0.140. The number of thiophene rings is 1. The molecule has 38 heavy (non-hydrogen) atoms. The molecule has 2 amide bonds. The molecule has 8 heteroatoms. The van der Waals surface area contributed by atoms with Crippen LogP contribution in [0.4, 0.5) is 16.2 Å². The maximum Gasteiger partial charge on any atom is 0.350 e. The lowest BCUT2D eigenvalue weighted by molar-refractivity contribution is 0.0164. The van der Waals surface area contributed by atoms with Gasteiger partial charge >= 0.3 is 12.0 Å². The van der Waals surface area contributed by atoms with E-state index in [1.165, 1.54) is 22.5 Å². The fraction of sp³-hybridized carbons (Fsp3) is 0.300. The van der Waals surface area contributed by atoms with Crippen LogP contribution in [-0.4, -0.2) is 41.1 Å². The first kappa shape index (κ1) is 24.4. The van der Waals surface area contributed by atoms with Gasteiger partial charge in [0.1, 0.15) is 15.8 Å². The van der Waals surface area contributed by atoms with Gasteiger partial charge in [0.2, 0.25) is 0 Å². The van der Waals surface area contributed by atoms with E-state index < -0.39 is 5.97 Å². The summed E-state index contributed by atoms with van der Waals surface area (Å²) in [5.74, 6) is 0.0608. The summed E-state index contributed by atoms with van der Waals surface area (Å²) < 4.78 is 5.84. The average Bonchev–Trinajstić information content (AvgIpc) is 3.28. The number of ether oxygens (including phenoxy) is 1. The van der Waals surface area contributed by atoms with Crippen molar-refractivity contribution in [2.45, 2.75) is 44.1 Å². The molecule has 1 aliphatic carbocycles. The number of pyridine rings is 1. The Hall–Kier alpha value is -3.91. The Morgan fingerprint density at radius 2 is 1.71 bits per heavy atom. The highest BCUT2D eigenvalue weighted by Gasteiger charge is 2.29. The molecule has 7 nitrogen and oxygen atoms in total. The highest BCUT2D eigenvalue weighted by molar-refractivity contribution is 7.21. The topological polar surface area (TPSA) is 97.6 Å². The average molecular weight is 527 g/mol. The zero-order valence-corrected chi connectivity index (χ0v) is 21.9. The number of nitrogen functional groups attached to an aromatic ring is 1. The van der Waals surface area contributed by atoms with Gasteiger partial charge in [-0.1, -0.05) is 48.5 Å². The molecular formula is C30H30N4O3S. The first-order valence-corrected chi connectivity index (χ1v) is 13.9. The molecule has 0 radical (unpaired) electrons. The summed E-state index contributed by atoms with van der Waals surface area (Å²) in [7, 11) is 0. The summed E-state index contributed by atoms with van der Waals surface area (Å²) in [4.78, 5) is 33.5. The Labute approximate surface area is 225 Å². The van der Waals surface area contributed by atoms with Gasteiger partial charge in [-0.2, -0.15) is 0 Å². The summed E-state index contributed by atoms with van der Waals surface area (Å²) >= 11 is 1.31. The molecule has 1 fully saturated rings. The van der Waals surface area contributed by atoms with Crippen LogP contribution in [0.25, 0.3) is 10.2 Å². The summed E-state index contributed by atoms with van der Waals surface area (Å²) in [6, 6.07) is 22.0. The zero-order chi connectivity index (χ0) is 26.1. The molecule has 3 N–H and O–H groups in total. The van der Waals surface area contributed by atoms with E-state index >= 15 is 0 Å². The lowest BCUT2D eigenvalue weighted by Gasteiger charge is -2.31. The number of carbonyl (C=O) groups is 2. The molecule has 1 saturated heterocycles. The number of hydrogen-bond donors (Lipinski definition) is 2. The normalized spacial score (nSPS) is 17.7. The van der Waals surface area contributed by atoms with Gasteiger partial charge in [-0.15, -0.1) is 11.3 Å². The Morgan fingerprint density at radius 3 is 2.45 bits per heavy atom. The van der Waals surface area contributed by atoms with E-state index in [2.05, 4.69) is 35.6 Å². The molecule has 1 aliphatic heterocycles. The summed E-state index contributed by atoms with van der Waals surface area (Å²) in [6.07, 6.45) is 3.83. The van der Waals surface area contributed by atoms with E-state index in [1.54, 1.807) is 4.90 Å². The standard InChI is InChI=1S/C30H30N4O3S/c31-26-24-18-21-17-20(19-7-3-1-4-8-19)11-12-25(21)33-28(24)38-27(26)29(35)37-23-13-15-34(16-14-23)30(36)32-22-9-5-2-6-10-22/h1-10,18,20,23H,11-17,31H2,(H,32,36)/t20-/m1/s1. The Kier molecular flexibility index (Phi) is 6.72. The smallest absolute Gasteiger partial charge is 0.350 e. The first-order valence-electron chi connectivity index (χ1n) is 13.1. The van der Waals surface area contributed by atoms with E-state index in [0.717, 1.165) is 40.9 Å². The molecule has 2 aliphatic rings. The summed E-state index contributed by atoms with van der Waals surface area (Å²) in [5, 5.41) is 3.74. The van der Waals surface area contributed by atoms with E-state index in [4.69, 9.17) is 15.5 Å². The number of urea groups is 1. The third-order valence-corrected chi connectivity index (χ3v) is 8.67. The second-order valence-electron chi connectivity index (χ2n) is 10.0. The number of piperidine rings is 1. The van der Waals surface area contributed by atoms with Crippen LogP contribution < -0.4 is 11.1 Å². The Balaban J connectivity index is 1.10. The van der Waals surface area contributed by atoms with E-state index in [9.17, 15) is 9.59 Å². The number of carbonyl (C=O) groups excluding carboxylic acids is 2. The van der Waals surface area contributed by atoms with Gasteiger partial charge in [0.15, 0.2) is 0 Å². The molecule has 0 saturated carbocycles. The van der Waals surface area contributed by atoms with Crippen molar-refractivity contribution >= 4 is 44.9 Å². The van der Waals surface area contributed by atoms with E-state index in [0.29, 0.717) is 42.4 Å². The van der Waals surface area contributed by atoms with E-state index in [1.807, 2.05) is 36.4 Å². The Morgan fingerprint density at radius 1 is 1.00 bits per heavy atom. The molecule has 1 atom stereocenters. The number of esters is 1. The summed E-state index contributed by atoms with van der Waals surface area (Å²) in [6.45, 7) is 1.05. The first-order chi connectivity index (χ1) is 18.5. The van der Waals surface area contributed by atoms with Crippen LogP contribution in [0.1, 0.15) is 51.7 Å². The van der Waals surface area contributed by atoms with Crippen LogP contribution in [0.3, 0.4) is 0 Å². The fourth-order valence-corrected chi connectivity index (χ4v) is 6.44. The highest BCUT2D eigenvalue weighted by Crippen LogP contribution is 2.39. The molecule has 4 aromatic rings. The molecule has 2 aromatic carbocycles. The minimum atomic E-state index is -0.405. The van der Waals surface area contributed by atoms with Crippen molar-refractivity contribution in [1.82, 2.24) is 9.88 Å². The lowest BCUT2D eigenvalue weighted by Crippen LogP contribution is -2.43. The second-order valence-corrected chi connectivity index (χ2v) is 11.0. The fourth-order valence-electron chi connectivity index (χ4n) is 5.46. The van der Waals surface area contributed by atoms with Gasteiger partial charge in [0, 0.05) is 42.7 Å². The van der Waals surface area contributed by atoms with Crippen molar-refractivity contribution in [2.24, 2.45) is 0 Å². The molecule has 194 valence electrons. The number of aryl methyl sites for hydroxylation is 1. The third-order valence-electron chi connectivity index (χ3n) is 7.57. The van der Waals surface area contributed by atoms with Crippen molar-refractivity contribution in [3.8, 4) is 0 Å². The van der Waals surface area contributed by atoms with Crippen molar-refractivity contribution in [3.05, 3.63) is 88.4 Å². The lowest BCUT2D eigenvalue weighted by atomic mass is 9.82. The molecule has 0 bridgehead atoms. The molecule has 3 heterocycles. The predicted octanol–water partition coefficient (Wildman–Crippen LogP) is 6.00. The number of nitrogens with zero attached hydrogens (tertiary/aromatic N) is 2. The predicted molar refractivity (Wildman–Crippen MR) is 151 cm³/mol. The zero-order valence-electron chi connectivity index (χ0n) is 21.1. The van der Waals surface area contributed by atoms with Gasteiger partial charge in [-0.05, 0) is 54.5 Å². The molecular weight excluding hydrogens is 496 g/mol. The number of nitrogens with one attached hydrogen (secondary N) is 1. The van der Waals surface area contributed by atoms with Crippen LogP contribution in [-0.2, 0) is 17.6 Å². The van der Waals surface area contributed by atoms with Gasteiger partial charge in [0.05, 0.1) is 5.69 Å². The van der Waals surface area contributed by atoms with Gasteiger partial charge in [-0.3, -0.25) is 0 Å². The van der Waals surface area contributed by atoms with Crippen molar-refractivity contribution in [3.63, 3.8) is 0 Å². The number of nitrogens with two attached hydrogens (primary N) is 1. The highest BCUT2D eigenvalue weighted by atomic mass is 32.1. The largest absolute Gasteiger partial charge is 0.458 e. The number of para-hydroxylation sites is 1. The SMILES string of the molecule is Nc1c(C(=O)OC2CCN(C(=O)Nc3ccccc3)CC2)sc2nc3c(cc12)C[C@H](c1ccccc1)CC3. The quantitative estimate of drug-likeness (QED) is 0.318. The van der Waals surface area contributed by atoms with Crippen LogP contribution >= 0.6 is 11.3 Å². The Bertz CT molecular complexity index is 1460. The number of hydrogen-bond acceptors (Lipinski definition) is 6. The number of benzene rings is 2. The van der Waals surface area contributed by atoms with Gasteiger partial charge in [0.25, 0.3) is 0 Å². The number of rotatable bonds is 4. The number of amides is 2. The van der Waals surface area contributed by atoms with Crippen molar-refractivity contribution < 1.29 is 14.3 Å². The second kappa shape index (κ2) is 10.5. The van der Waals surface area contributed by atoms with Crippen LogP contribution in [0.15, 0.2) is 66.7 Å². The van der Waals surface area contributed by atoms with Gasteiger partial charge < -0.3 is 20.7 Å². The van der Waals surface area contributed by atoms with Crippen molar-refractivity contribution in [1.29, 1.82) is 0 Å². The summed E-state index contributed by atoms with van der Waals surface area (Å²) in [5.41, 5.74) is 11.3.